The largest absolute Gasteiger partial charge is 0.375 e. The molecule has 2 N–H and O–H groups in total. The molecule has 0 unspecified atom stereocenters. The van der Waals surface area contributed by atoms with Gasteiger partial charge in [-0.05, 0) is 32.0 Å². The van der Waals surface area contributed by atoms with Gasteiger partial charge in [0.05, 0.1) is 17.3 Å². The van der Waals surface area contributed by atoms with Gasteiger partial charge in [-0.2, -0.15) is 0 Å². The zero-order chi connectivity index (χ0) is 12.1. The van der Waals surface area contributed by atoms with Gasteiger partial charge in [0.15, 0.2) is 0 Å². The summed E-state index contributed by atoms with van der Waals surface area (Å²) >= 11 is 5.82. The molecule has 0 radical (unpaired) electrons. The van der Waals surface area contributed by atoms with E-state index in [1.165, 1.54) is 18.2 Å². The topological polar surface area (TPSA) is 41.1 Å². The molecule has 0 heterocycles. The first-order valence-electron chi connectivity index (χ1n) is 4.97. The van der Waals surface area contributed by atoms with E-state index in [9.17, 15) is 9.18 Å². The van der Waals surface area contributed by atoms with Crippen LogP contribution in [0.1, 0.15) is 13.8 Å². The molecule has 0 aliphatic rings. The number of hydrogen-bond donors (Lipinski definition) is 2. The molecule has 0 fully saturated rings. The van der Waals surface area contributed by atoms with Crippen LogP contribution in [0.15, 0.2) is 18.2 Å². The standard InChI is InChI=1S/C11H14ClFN2O/c1-7(2)15-11(16)6-14-10-5-8(13)3-4-9(10)12/h3-5,7,14H,6H2,1-2H3,(H,15,16). The lowest BCUT2D eigenvalue weighted by Crippen LogP contribution is -2.34. The van der Waals surface area contributed by atoms with Crippen molar-refractivity contribution in [2.24, 2.45) is 0 Å². The Balaban J connectivity index is 2.54. The molecule has 3 nitrogen and oxygen atoms in total. The zero-order valence-corrected chi connectivity index (χ0v) is 9.94. The normalized spacial score (nSPS) is 10.3. The minimum Gasteiger partial charge on any atom is -0.375 e. The Hall–Kier alpha value is -1.29. The summed E-state index contributed by atoms with van der Waals surface area (Å²) in [6.45, 7) is 3.81. The fourth-order valence-electron chi connectivity index (χ4n) is 1.18. The average molecular weight is 245 g/mol. The molecule has 88 valence electrons. The highest BCUT2D eigenvalue weighted by Crippen LogP contribution is 2.21. The number of carbonyl (C=O) groups excluding carboxylic acids is 1. The lowest BCUT2D eigenvalue weighted by molar-refractivity contribution is -0.119. The van der Waals surface area contributed by atoms with Crippen LogP contribution < -0.4 is 10.6 Å². The van der Waals surface area contributed by atoms with Crippen molar-refractivity contribution >= 4 is 23.2 Å². The van der Waals surface area contributed by atoms with E-state index in [-0.39, 0.29) is 18.5 Å². The van der Waals surface area contributed by atoms with Crippen molar-refractivity contribution in [1.29, 1.82) is 0 Å². The van der Waals surface area contributed by atoms with Gasteiger partial charge in [0.1, 0.15) is 5.82 Å². The molecule has 0 spiro atoms. The Morgan fingerprint density at radius 1 is 1.50 bits per heavy atom. The summed E-state index contributed by atoms with van der Waals surface area (Å²) < 4.78 is 12.9. The van der Waals surface area contributed by atoms with Gasteiger partial charge in [0.25, 0.3) is 0 Å². The minimum absolute atomic E-state index is 0.0708. The van der Waals surface area contributed by atoms with Crippen molar-refractivity contribution in [1.82, 2.24) is 5.32 Å². The number of benzene rings is 1. The molecular weight excluding hydrogens is 231 g/mol. The van der Waals surface area contributed by atoms with Gasteiger partial charge in [0, 0.05) is 6.04 Å². The van der Waals surface area contributed by atoms with Crippen molar-refractivity contribution in [3.8, 4) is 0 Å². The van der Waals surface area contributed by atoms with Gasteiger partial charge in [0.2, 0.25) is 5.91 Å². The first-order valence-corrected chi connectivity index (χ1v) is 5.35. The van der Waals surface area contributed by atoms with Crippen LogP contribution >= 0.6 is 11.6 Å². The summed E-state index contributed by atoms with van der Waals surface area (Å²) in [6, 6.07) is 4.05. The highest BCUT2D eigenvalue weighted by molar-refractivity contribution is 6.33. The molecule has 0 aliphatic heterocycles. The Morgan fingerprint density at radius 2 is 2.19 bits per heavy atom. The molecule has 1 amide bonds. The third-order valence-corrected chi connectivity index (χ3v) is 2.15. The number of carbonyl (C=O) groups is 1. The fraction of sp³-hybridized carbons (Fsp3) is 0.364. The summed E-state index contributed by atoms with van der Waals surface area (Å²) in [5.41, 5.74) is 0.417. The summed E-state index contributed by atoms with van der Waals surface area (Å²) in [4.78, 5) is 11.3. The van der Waals surface area contributed by atoms with Crippen molar-refractivity contribution in [2.45, 2.75) is 19.9 Å². The van der Waals surface area contributed by atoms with Crippen molar-refractivity contribution in [2.75, 3.05) is 11.9 Å². The Morgan fingerprint density at radius 3 is 2.81 bits per heavy atom. The third-order valence-electron chi connectivity index (χ3n) is 1.82. The van der Waals surface area contributed by atoms with Crippen LogP contribution in [0.2, 0.25) is 5.02 Å². The molecule has 1 rings (SSSR count). The van der Waals surface area contributed by atoms with E-state index in [1.54, 1.807) is 0 Å². The van der Waals surface area contributed by atoms with Gasteiger partial charge in [-0.1, -0.05) is 11.6 Å². The van der Waals surface area contributed by atoms with Gasteiger partial charge in [-0.3, -0.25) is 4.79 Å². The zero-order valence-electron chi connectivity index (χ0n) is 9.18. The fourth-order valence-corrected chi connectivity index (χ4v) is 1.37. The summed E-state index contributed by atoms with van der Waals surface area (Å²) in [6.07, 6.45) is 0. The maximum atomic E-state index is 12.9. The quantitative estimate of drug-likeness (QED) is 0.854. The monoisotopic (exact) mass is 244 g/mol. The van der Waals surface area contributed by atoms with Crippen molar-refractivity contribution in [3.63, 3.8) is 0 Å². The lowest BCUT2D eigenvalue weighted by Gasteiger charge is -2.11. The first kappa shape index (κ1) is 12.8. The molecule has 16 heavy (non-hydrogen) atoms. The first-order chi connectivity index (χ1) is 7.49. The van der Waals surface area contributed by atoms with E-state index in [0.717, 1.165) is 0 Å². The molecular formula is C11H14ClFN2O. The van der Waals surface area contributed by atoms with Crippen LogP contribution in [0.4, 0.5) is 10.1 Å². The Kier molecular flexibility index (Phi) is 4.55. The second kappa shape index (κ2) is 5.70. The Bertz CT molecular complexity index is 382. The molecule has 0 aliphatic carbocycles. The molecule has 0 saturated carbocycles. The predicted octanol–water partition coefficient (Wildman–Crippen LogP) is 2.42. The van der Waals surface area contributed by atoms with E-state index < -0.39 is 5.82 Å². The van der Waals surface area contributed by atoms with Crippen LogP contribution in [-0.4, -0.2) is 18.5 Å². The summed E-state index contributed by atoms with van der Waals surface area (Å²) in [7, 11) is 0. The molecule has 5 heteroatoms. The van der Waals surface area contributed by atoms with Gasteiger partial charge in [-0.25, -0.2) is 4.39 Å². The SMILES string of the molecule is CC(C)NC(=O)CNc1cc(F)ccc1Cl. The highest BCUT2D eigenvalue weighted by atomic mass is 35.5. The van der Waals surface area contributed by atoms with Gasteiger partial charge in [-0.15, -0.1) is 0 Å². The number of rotatable bonds is 4. The highest BCUT2D eigenvalue weighted by Gasteiger charge is 2.05. The second-order valence-electron chi connectivity index (χ2n) is 3.70. The van der Waals surface area contributed by atoms with E-state index in [4.69, 9.17) is 11.6 Å². The van der Waals surface area contributed by atoms with E-state index in [0.29, 0.717) is 10.7 Å². The maximum Gasteiger partial charge on any atom is 0.239 e. The van der Waals surface area contributed by atoms with Gasteiger partial charge >= 0.3 is 0 Å². The second-order valence-corrected chi connectivity index (χ2v) is 4.11. The van der Waals surface area contributed by atoms with E-state index in [2.05, 4.69) is 10.6 Å². The van der Waals surface area contributed by atoms with Crippen molar-refractivity contribution in [3.05, 3.63) is 29.0 Å². The number of nitrogens with one attached hydrogen (secondary N) is 2. The average Bonchev–Trinajstić information content (AvgIpc) is 2.18. The van der Waals surface area contributed by atoms with Crippen LogP contribution in [0, 0.1) is 5.82 Å². The number of anilines is 1. The number of hydrogen-bond acceptors (Lipinski definition) is 2. The smallest absolute Gasteiger partial charge is 0.239 e. The molecule has 1 aromatic carbocycles. The predicted molar refractivity (Wildman–Crippen MR) is 63.2 cm³/mol. The maximum absolute atomic E-state index is 12.9. The summed E-state index contributed by atoms with van der Waals surface area (Å²) in [5.74, 6) is -0.550. The van der Waals surface area contributed by atoms with E-state index in [1.807, 2.05) is 13.8 Å². The van der Waals surface area contributed by atoms with Crippen LogP contribution in [0.3, 0.4) is 0 Å². The molecule has 0 atom stereocenters. The molecule has 1 aromatic rings. The number of halogens is 2. The van der Waals surface area contributed by atoms with Crippen LogP contribution in [0.5, 0.6) is 0 Å². The van der Waals surface area contributed by atoms with Crippen LogP contribution in [0.25, 0.3) is 0 Å². The number of amides is 1. The van der Waals surface area contributed by atoms with E-state index >= 15 is 0 Å². The Labute approximate surface area is 99.0 Å². The minimum atomic E-state index is -0.392. The lowest BCUT2D eigenvalue weighted by atomic mass is 10.3. The molecule has 0 bridgehead atoms. The van der Waals surface area contributed by atoms with Crippen molar-refractivity contribution < 1.29 is 9.18 Å². The molecule has 0 saturated heterocycles. The van der Waals surface area contributed by atoms with Gasteiger partial charge < -0.3 is 10.6 Å². The molecule has 0 aromatic heterocycles. The third kappa shape index (κ3) is 4.06. The summed E-state index contributed by atoms with van der Waals surface area (Å²) in [5, 5.41) is 5.87. The van der Waals surface area contributed by atoms with Crippen LogP contribution in [-0.2, 0) is 4.79 Å².